The number of aromatic nitrogens is 1. The zero-order chi connectivity index (χ0) is 18.9. The van der Waals surface area contributed by atoms with E-state index < -0.39 is 12.6 Å². The van der Waals surface area contributed by atoms with Crippen LogP contribution in [0, 0.1) is 6.92 Å². The Morgan fingerprint density at radius 3 is 2.81 bits per heavy atom. The highest BCUT2D eigenvalue weighted by molar-refractivity contribution is 7.09. The van der Waals surface area contributed by atoms with Crippen molar-refractivity contribution < 1.29 is 18.0 Å². The molecule has 0 radical (unpaired) electrons. The fourth-order valence-corrected chi connectivity index (χ4v) is 3.65. The SMILES string of the molecule is Cc1nc(-c2ccc3c(c2)CCN3C(=O)CN(C)CCC(F)(F)F)cs1. The standard InChI is InChI=1S/C18H20F3N3OS/c1-12-22-15(11-26-12)13-3-4-16-14(9-13)5-7-24(16)17(25)10-23(2)8-6-18(19,20)21/h3-4,9,11H,5-8,10H2,1-2H3. The van der Waals surface area contributed by atoms with Gasteiger partial charge in [-0.3, -0.25) is 9.69 Å². The van der Waals surface area contributed by atoms with Crippen LogP contribution in [0.25, 0.3) is 11.3 Å². The number of carbonyl (C=O) groups is 1. The van der Waals surface area contributed by atoms with Gasteiger partial charge >= 0.3 is 6.18 Å². The van der Waals surface area contributed by atoms with E-state index >= 15 is 0 Å². The molecule has 0 unspecified atom stereocenters. The summed E-state index contributed by atoms with van der Waals surface area (Å²) >= 11 is 1.59. The van der Waals surface area contributed by atoms with Crippen LogP contribution in [0.5, 0.6) is 0 Å². The van der Waals surface area contributed by atoms with Crippen LogP contribution >= 0.6 is 11.3 Å². The normalized spacial score (nSPS) is 14.2. The average Bonchev–Trinajstić information content (AvgIpc) is 3.17. The molecule has 8 heteroatoms. The second-order valence-electron chi connectivity index (χ2n) is 6.49. The van der Waals surface area contributed by atoms with Crippen LogP contribution in [0.2, 0.25) is 0 Å². The Hall–Kier alpha value is -1.93. The Labute approximate surface area is 154 Å². The summed E-state index contributed by atoms with van der Waals surface area (Å²) < 4.78 is 36.9. The van der Waals surface area contributed by atoms with Gasteiger partial charge in [-0.05, 0) is 38.1 Å². The van der Waals surface area contributed by atoms with E-state index in [1.807, 2.05) is 30.5 Å². The molecule has 1 aliphatic rings. The first kappa shape index (κ1) is 18.8. The van der Waals surface area contributed by atoms with Crippen LogP contribution in [0.1, 0.15) is 17.0 Å². The van der Waals surface area contributed by atoms with Crippen molar-refractivity contribution in [3.05, 3.63) is 34.2 Å². The highest BCUT2D eigenvalue weighted by Gasteiger charge is 2.29. The van der Waals surface area contributed by atoms with Gasteiger partial charge in [0.15, 0.2) is 0 Å². The van der Waals surface area contributed by atoms with Gasteiger partial charge in [0, 0.05) is 29.7 Å². The number of amides is 1. The Balaban J connectivity index is 1.66. The van der Waals surface area contributed by atoms with Crippen LogP contribution in [0.3, 0.4) is 0 Å². The summed E-state index contributed by atoms with van der Waals surface area (Å²) in [6.07, 6.45) is -4.38. The molecule has 3 rings (SSSR count). The van der Waals surface area contributed by atoms with Gasteiger partial charge in [-0.25, -0.2) is 4.98 Å². The maximum absolute atomic E-state index is 12.5. The molecule has 0 N–H and O–H groups in total. The van der Waals surface area contributed by atoms with Crippen molar-refractivity contribution >= 4 is 22.9 Å². The minimum Gasteiger partial charge on any atom is -0.311 e. The summed E-state index contributed by atoms with van der Waals surface area (Å²) in [4.78, 5) is 20.1. The number of thiazole rings is 1. The second-order valence-corrected chi connectivity index (χ2v) is 7.56. The van der Waals surface area contributed by atoms with Gasteiger partial charge in [0.25, 0.3) is 0 Å². The summed E-state index contributed by atoms with van der Waals surface area (Å²) in [5.74, 6) is -0.175. The minimum atomic E-state index is -4.21. The molecule has 26 heavy (non-hydrogen) atoms. The van der Waals surface area contributed by atoms with Crippen LogP contribution in [0.4, 0.5) is 18.9 Å². The molecular formula is C18H20F3N3OS. The van der Waals surface area contributed by atoms with Gasteiger partial charge in [0.2, 0.25) is 5.91 Å². The number of hydrogen-bond acceptors (Lipinski definition) is 4. The molecule has 1 amide bonds. The third-order valence-electron chi connectivity index (χ3n) is 4.37. The maximum Gasteiger partial charge on any atom is 0.390 e. The molecule has 2 aromatic rings. The van der Waals surface area contributed by atoms with Gasteiger partial charge in [0.05, 0.1) is 23.7 Å². The van der Waals surface area contributed by atoms with Crippen molar-refractivity contribution in [2.75, 3.05) is 31.6 Å². The van der Waals surface area contributed by atoms with Gasteiger partial charge in [0.1, 0.15) is 0 Å². The topological polar surface area (TPSA) is 36.4 Å². The summed E-state index contributed by atoms with van der Waals surface area (Å²) in [6, 6.07) is 5.89. The molecule has 0 saturated heterocycles. The summed E-state index contributed by atoms with van der Waals surface area (Å²) in [7, 11) is 1.54. The average molecular weight is 383 g/mol. The molecule has 1 aliphatic heterocycles. The molecule has 1 aromatic heterocycles. The lowest BCUT2D eigenvalue weighted by Crippen LogP contribution is -2.39. The molecule has 0 fully saturated rings. The number of alkyl halides is 3. The third kappa shape index (κ3) is 4.42. The highest BCUT2D eigenvalue weighted by Crippen LogP contribution is 2.32. The number of benzene rings is 1. The lowest BCUT2D eigenvalue weighted by Gasteiger charge is -2.22. The number of halogens is 3. The van der Waals surface area contributed by atoms with E-state index in [0.29, 0.717) is 6.54 Å². The van der Waals surface area contributed by atoms with E-state index in [9.17, 15) is 18.0 Å². The molecule has 0 spiro atoms. The van der Waals surface area contributed by atoms with Crippen molar-refractivity contribution in [1.29, 1.82) is 0 Å². The third-order valence-corrected chi connectivity index (χ3v) is 5.15. The predicted molar refractivity (Wildman–Crippen MR) is 96.5 cm³/mol. The van der Waals surface area contributed by atoms with E-state index in [0.717, 1.165) is 33.9 Å². The zero-order valence-electron chi connectivity index (χ0n) is 14.6. The van der Waals surface area contributed by atoms with Crippen molar-refractivity contribution in [2.24, 2.45) is 0 Å². The molecule has 0 aliphatic carbocycles. The fourth-order valence-electron chi connectivity index (χ4n) is 3.03. The first-order valence-electron chi connectivity index (χ1n) is 8.34. The van der Waals surface area contributed by atoms with E-state index in [1.165, 1.54) is 11.9 Å². The molecular weight excluding hydrogens is 363 g/mol. The van der Waals surface area contributed by atoms with E-state index in [-0.39, 0.29) is 19.0 Å². The van der Waals surface area contributed by atoms with E-state index in [2.05, 4.69) is 4.98 Å². The van der Waals surface area contributed by atoms with Gasteiger partial charge in [-0.1, -0.05) is 6.07 Å². The van der Waals surface area contributed by atoms with E-state index in [1.54, 1.807) is 16.2 Å². The molecule has 1 aromatic carbocycles. The largest absolute Gasteiger partial charge is 0.390 e. The second kappa shape index (κ2) is 7.36. The molecule has 2 heterocycles. The lowest BCUT2D eigenvalue weighted by molar-refractivity contribution is -0.138. The molecule has 0 bridgehead atoms. The summed E-state index contributed by atoms with van der Waals surface area (Å²) in [5.41, 5.74) is 3.85. The quantitative estimate of drug-likeness (QED) is 0.786. The van der Waals surface area contributed by atoms with Crippen molar-refractivity contribution in [1.82, 2.24) is 9.88 Å². The smallest absolute Gasteiger partial charge is 0.311 e. The van der Waals surface area contributed by atoms with E-state index in [4.69, 9.17) is 0 Å². The number of nitrogens with zero attached hydrogens (tertiary/aromatic N) is 3. The number of carbonyl (C=O) groups excluding carboxylic acids is 1. The fraction of sp³-hybridized carbons (Fsp3) is 0.444. The Kier molecular flexibility index (Phi) is 5.34. The van der Waals surface area contributed by atoms with Gasteiger partial charge < -0.3 is 4.90 Å². The lowest BCUT2D eigenvalue weighted by atomic mass is 10.1. The monoisotopic (exact) mass is 383 g/mol. The predicted octanol–water partition coefficient (Wildman–Crippen LogP) is 3.89. The molecule has 4 nitrogen and oxygen atoms in total. The van der Waals surface area contributed by atoms with Crippen LogP contribution in [0.15, 0.2) is 23.6 Å². The van der Waals surface area contributed by atoms with Crippen LogP contribution < -0.4 is 4.90 Å². The molecule has 0 atom stereocenters. The Morgan fingerprint density at radius 2 is 2.15 bits per heavy atom. The molecule has 140 valence electrons. The zero-order valence-corrected chi connectivity index (χ0v) is 15.5. The van der Waals surface area contributed by atoms with Gasteiger partial charge in [-0.15, -0.1) is 11.3 Å². The maximum atomic E-state index is 12.5. The van der Waals surface area contributed by atoms with Crippen molar-refractivity contribution in [2.45, 2.75) is 25.9 Å². The summed E-state index contributed by atoms with van der Waals surface area (Å²) in [6.45, 7) is 2.30. The number of rotatable bonds is 5. The highest BCUT2D eigenvalue weighted by atomic mass is 32.1. The first-order chi connectivity index (χ1) is 12.2. The Morgan fingerprint density at radius 1 is 1.38 bits per heavy atom. The molecule has 0 saturated carbocycles. The van der Waals surface area contributed by atoms with Crippen LogP contribution in [-0.2, 0) is 11.2 Å². The number of likely N-dealkylation sites (N-methyl/N-ethyl adjacent to an activating group) is 1. The van der Waals surface area contributed by atoms with Crippen molar-refractivity contribution in [3.63, 3.8) is 0 Å². The first-order valence-corrected chi connectivity index (χ1v) is 9.22. The van der Waals surface area contributed by atoms with Crippen molar-refractivity contribution in [3.8, 4) is 11.3 Å². The number of anilines is 1. The number of aryl methyl sites for hydroxylation is 1. The number of fused-ring (bicyclic) bond motifs is 1. The van der Waals surface area contributed by atoms with Gasteiger partial charge in [-0.2, -0.15) is 13.2 Å². The minimum absolute atomic E-state index is 0.0252. The summed E-state index contributed by atoms with van der Waals surface area (Å²) in [5, 5.41) is 3.00. The Bertz CT molecular complexity index is 803. The van der Waals surface area contributed by atoms with Crippen LogP contribution in [-0.4, -0.2) is 48.6 Å². The number of hydrogen-bond donors (Lipinski definition) is 0.